The van der Waals surface area contributed by atoms with Gasteiger partial charge in [-0.3, -0.25) is 9.78 Å². The number of carbonyl (C=O) groups is 1. The second-order valence-corrected chi connectivity index (χ2v) is 6.57. The van der Waals surface area contributed by atoms with Crippen molar-refractivity contribution in [2.45, 2.75) is 13.3 Å². The van der Waals surface area contributed by atoms with E-state index < -0.39 is 0 Å². The van der Waals surface area contributed by atoms with Crippen molar-refractivity contribution in [3.63, 3.8) is 0 Å². The minimum atomic E-state index is 0.0278. The molecule has 0 radical (unpaired) electrons. The first kappa shape index (κ1) is 14.9. The second kappa shape index (κ2) is 5.74. The molecule has 1 aliphatic rings. The third-order valence-corrected chi connectivity index (χ3v) is 4.70. The molecule has 5 nitrogen and oxygen atoms in total. The van der Waals surface area contributed by atoms with Crippen LogP contribution in [0.25, 0.3) is 10.9 Å². The smallest absolute Gasteiger partial charge is 0.272 e. The van der Waals surface area contributed by atoms with Gasteiger partial charge in [-0.05, 0) is 43.5 Å². The van der Waals surface area contributed by atoms with Crippen LogP contribution in [0.3, 0.4) is 0 Å². The zero-order valence-electron chi connectivity index (χ0n) is 13.9. The summed E-state index contributed by atoms with van der Waals surface area (Å²) in [4.78, 5) is 23.2. The van der Waals surface area contributed by atoms with Crippen molar-refractivity contribution in [3.8, 4) is 0 Å². The van der Waals surface area contributed by atoms with Gasteiger partial charge in [-0.2, -0.15) is 0 Å². The Morgan fingerprint density at radius 1 is 1.25 bits per heavy atom. The number of aryl methyl sites for hydroxylation is 2. The first-order valence-corrected chi connectivity index (χ1v) is 8.23. The van der Waals surface area contributed by atoms with Gasteiger partial charge in [-0.1, -0.05) is 6.07 Å². The van der Waals surface area contributed by atoms with E-state index >= 15 is 0 Å². The first-order valence-electron chi connectivity index (χ1n) is 8.23. The zero-order chi connectivity index (χ0) is 16.7. The van der Waals surface area contributed by atoms with E-state index in [2.05, 4.69) is 26.8 Å². The molecular formula is C19H20N4O. The summed E-state index contributed by atoms with van der Waals surface area (Å²) in [5.41, 5.74) is 3.72. The molecule has 1 fully saturated rings. The van der Waals surface area contributed by atoms with Crippen LogP contribution in [0.15, 0.2) is 42.7 Å². The Bertz CT molecular complexity index is 909. The number of fused-ring (bicyclic) bond motifs is 1. The van der Waals surface area contributed by atoms with E-state index in [1.54, 1.807) is 6.07 Å². The lowest BCUT2D eigenvalue weighted by Gasteiger charge is -2.39. The fourth-order valence-electron chi connectivity index (χ4n) is 3.43. The van der Waals surface area contributed by atoms with E-state index in [1.165, 1.54) is 10.9 Å². The van der Waals surface area contributed by atoms with Crippen molar-refractivity contribution in [3.05, 3.63) is 59.8 Å². The number of rotatable bonds is 3. The summed E-state index contributed by atoms with van der Waals surface area (Å²) in [5, 5.41) is 1.22. The van der Waals surface area contributed by atoms with Crippen LogP contribution in [0.2, 0.25) is 0 Å². The zero-order valence-corrected chi connectivity index (χ0v) is 13.9. The fourth-order valence-corrected chi connectivity index (χ4v) is 3.43. The van der Waals surface area contributed by atoms with Crippen LogP contribution >= 0.6 is 0 Å². The minimum absolute atomic E-state index is 0.0278. The Labute approximate surface area is 140 Å². The number of likely N-dealkylation sites (tertiary alicyclic amines) is 1. The molecule has 24 heavy (non-hydrogen) atoms. The van der Waals surface area contributed by atoms with E-state index in [0.29, 0.717) is 11.6 Å². The summed E-state index contributed by atoms with van der Waals surface area (Å²) in [5.74, 6) is 0.492. The molecule has 0 spiro atoms. The van der Waals surface area contributed by atoms with E-state index in [-0.39, 0.29) is 5.91 Å². The largest absolute Gasteiger partial charge is 0.349 e. The van der Waals surface area contributed by atoms with Crippen molar-refractivity contribution in [2.24, 2.45) is 13.0 Å². The van der Waals surface area contributed by atoms with Gasteiger partial charge in [-0.15, -0.1) is 0 Å². The van der Waals surface area contributed by atoms with E-state index in [1.807, 2.05) is 43.3 Å². The van der Waals surface area contributed by atoms with Crippen LogP contribution in [0.4, 0.5) is 0 Å². The topological polar surface area (TPSA) is 51.0 Å². The van der Waals surface area contributed by atoms with Gasteiger partial charge in [0, 0.05) is 43.6 Å². The quantitative estimate of drug-likeness (QED) is 0.745. The predicted octanol–water partition coefficient (Wildman–Crippen LogP) is 2.59. The SMILES string of the molecule is Cc1cccc(C(=O)N2CC(Cc3nccc4ccn(C)c34)C2)n1. The average molecular weight is 320 g/mol. The van der Waals surface area contributed by atoms with Gasteiger partial charge in [0.1, 0.15) is 5.69 Å². The predicted molar refractivity (Wildman–Crippen MR) is 92.8 cm³/mol. The Kier molecular flexibility index (Phi) is 3.56. The summed E-state index contributed by atoms with van der Waals surface area (Å²) >= 11 is 0. The molecule has 3 aromatic rings. The monoisotopic (exact) mass is 320 g/mol. The summed E-state index contributed by atoms with van der Waals surface area (Å²) in [7, 11) is 2.05. The van der Waals surface area contributed by atoms with Crippen molar-refractivity contribution in [2.75, 3.05) is 13.1 Å². The molecule has 0 N–H and O–H groups in total. The molecule has 0 bridgehead atoms. The van der Waals surface area contributed by atoms with Crippen LogP contribution in [0.1, 0.15) is 21.9 Å². The van der Waals surface area contributed by atoms with Gasteiger partial charge >= 0.3 is 0 Å². The highest BCUT2D eigenvalue weighted by Crippen LogP contribution is 2.25. The maximum atomic E-state index is 12.4. The summed E-state index contributed by atoms with van der Waals surface area (Å²) < 4.78 is 2.12. The van der Waals surface area contributed by atoms with Crippen LogP contribution in [0, 0.1) is 12.8 Å². The van der Waals surface area contributed by atoms with Gasteiger partial charge in [0.2, 0.25) is 0 Å². The van der Waals surface area contributed by atoms with E-state index in [0.717, 1.165) is 30.9 Å². The number of amides is 1. The molecule has 0 atom stereocenters. The highest BCUT2D eigenvalue weighted by Gasteiger charge is 2.32. The maximum Gasteiger partial charge on any atom is 0.272 e. The summed E-state index contributed by atoms with van der Waals surface area (Å²) in [6.45, 7) is 3.45. The molecule has 5 heteroatoms. The number of carbonyl (C=O) groups excluding carboxylic acids is 1. The lowest BCUT2D eigenvalue weighted by molar-refractivity contribution is 0.0493. The van der Waals surface area contributed by atoms with Crippen LogP contribution < -0.4 is 0 Å². The molecule has 0 saturated carbocycles. The molecule has 0 aromatic carbocycles. The highest BCUT2D eigenvalue weighted by atomic mass is 16.2. The lowest BCUT2D eigenvalue weighted by Crippen LogP contribution is -2.51. The van der Waals surface area contributed by atoms with Crippen molar-refractivity contribution in [1.29, 1.82) is 0 Å². The van der Waals surface area contributed by atoms with Crippen molar-refractivity contribution >= 4 is 16.8 Å². The molecule has 1 amide bonds. The Morgan fingerprint density at radius 2 is 2.08 bits per heavy atom. The molecule has 122 valence electrons. The standard InChI is InChI=1S/C19H20N4O/c1-13-4-3-5-16(21-13)19(24)23-11-14(12-23)10-17-18-15(6-8-20-17)7-9-22(18)2/h3-9,14H,10-12H2,1-2H3. The van der Waals surface area contributed by atoms with Gasteiger partial charge in [0.25, 0.3) is 5.91 Å². The Morgan fingerprint density at radius 3 is 2.88 bits per heavy atom. The van der Waals surface area contributed by atoms with E-state index in [9.17, 15) is 4.79 Å². The molecule has 4 rings (SSSR count). The average Bonchev–Trinajstić information content (AvgIpc) is 2.92. The highest BCUT2D eigenvalue weighted by molar-refractivity contribution is 5.92. The van der Waals surface area contributed by atoms with Gasteiger partial charge in [-0.25, -0.2) is 4.98 Å². The van der Waals surface area contributed by atoms with Gasteiger partial charge in [0.15, 0.2) is 0 Å². The van der Waals surface area contributed by atoms with Gasteiger partial charge < -0.3 is 9.47 Å². The maximum absolute atomic E-state index is 12.4. The molecule has 1 aliphatic heterocycles. The third kappa shape index (κ3) is 2.56. The van der Waals surface area contributed by atoms with Gasteiger partial charge in [0.05, 0.1) is 11.2 Å². The first-order chi connectivity index (χ1) is 11.6. The number of aromatic nitrogens is 3. The second-order valence-electron chi connectivity index (χ2n) is 6.57. The Hall–Kier alpha value is -2.69. The van der Waals surface area contributed by atoms with Crippen LogP contribution in [-0.2, 0) is 13.5 Å². The van der Waals surface area contributed by atoms with Crippen molar-refractivity contribution < 1.29 is 4.79 Å². The summed E-state index contributed by atoms with van der Waals surface area (Å²) in [6.07, 6.45) is 4.84. The third-order valence-electron chi connectivity index (χ3n) is 4.70. The van der Waals surface area contributed by atoms with Crippen LogP contribution in [0.5, 0.6) is 0 Å². The number of hydrogen-bond donors (Lipinski definition) is 0. The lowest BCUT2D eigenvalue weighted by atomic mass is 9.93. The molecule has 3 aromatic heterocycles. The summed E-state index contributed by atoms with van der Waals surface area (Å²) in [6, 6.07) is 9.73. The molecule has 1 saturated heterocycles. The number of nitrogens with zero attached hydrogens (tertiary/aromatic N) is 4. The van der Waals surface area contributed by atoms with E-state index in [4.69, 9.17) is 0 Å². The van der Waals surface area contributed by atoms with Crippen molar-refractivity contribution in [1.82, 2.24) is 19.4 Å². The molecular weight excluding hydrogens is 300 g/mol. The molecule has 4 heterocycles. The molecule has 0 unspecified atom stereocenters. The number of hydrogen-bond acceptors (Lipinski definition) is 3. The van der Waals surface area contributed by atoms with Crippen LogP contribution in [-0.4, -0.2) is 38.4 Å². The molecule has 0 aliphatic carbocycles. The normalized spacial score (nSPS) is 14.8. The minimum Gasteiger partial charge on any atom is -0.349 e. The number of pyridine rings is 2. The Balaban J connectivity index is 1.44. The fraction of sp³-hybridized carbons (Fsp3) is 0.316.